The molecule has 0 radical (unpaired) electrons. The molecule has 14 nitrogen and oxygen atoms in total. The highest BCUT2D eigenvalue weighted by Crippen LogP contribution is 1.94. The van der Waals surface area contributed by atoms with Crippen LogP contribution in [0.1, 0.15) is 0 Å². The van der Waals surface area contributed by atoms with E-state index in [-0.39, 0.29) is 39.5 Å². The van der Waals surface area contributed by atoms with Crippen LogP contribution in [0.15, 0.2) is 10.4 Å². The number of nitroso groups, excluding NO2 is 2. The van der Waals surface area contributed by atoms with Gasteiger partial charge in [0.25, 0.3) is 11.8 Å². The van der Waals surface area contributed by atoms with E-state index in [1.54, 1.807) is 0 Å². The molecular formula is C14H22N4O10. The third-order valence-electron chi connectivity index (χ3n) is 3.11. The Bertz CT molecular complexity index is 518. The zero-order chi connectivity index (χ0) is 21.4. The van der Waals surface area contributed by atoms with Crippen LogP contribution in [0.25, 0.3) is 0 Å². The average Bonchev–Trinajstić information content (AvgIpc) is 2.62. The van der Waals surface area contributed by atoms with Gasteiger partial charge in [-0.3, -0.25) is 29.0 Å². The zero-order valence-corrected chi connectivity index (χ0v) is 15.0. The predicted octanol–water partition coefficient (Wildman–Crippen LogP) is -1.62. The quantitative estimate of drug-likeness (QED) is 0.207. The monoisotopic (exact) mass is 406 g/mol. The third kappa shape index (κ3) is 14.5. The van der Waals surface area contributed by atoms with Gasteiger partial charge in [0.05, 0.1) is 52.6 Å². The van der Waals surface area contributed by atoms with Crippen molar-refractivity contribution in [1.82, 2.24) is 9.80 Å². The van der Waals surface area contributed by atoms with Crippen LogP contribution < -0.4 is 0 Å². The van der Waals surface area contributed by atoms with E-state index < -0.39 is 49.9 Å². The molecule has 0 atom stereocenters. The largest absolute Gasteiger partial charge is 0.480 e. The van der Waals surface area contributed by atoms with Gasteiger partial charge in [-0.1, -0.05) is 0 Å². The van der Waals surface area contributed by atoms with Crippen molar-refractivity contribution >= 4 is 23.8 Å². The van der Waals surface area contributed by atoms with Gasteiger partial charge in [0, 0.05) is 23.4 Å². The van der Waals surface area contributed by atoms with Crippen LogP contribution in [-0.2, 0) is 28.7 Å². The molecule has 0 aromatic rings. The Morgan fingerprint density at radius 2 is 1.00 bits per heavy atom. The third-order valence-corrected chi connectivity index (χ3v) is 3.11. The summed E-state index contributed by atoms with van der Waals surface area (Å²) in [5.74, 6) is -4.31. The Morgan fingerprint density at radius 3 is 1.32 bits per heavy atom. The lowest BCUT2D eigenvalue weighted by Gasteiger charge is -2.18. The maximum Gasteiger partial charge on any atom is 0.317 e. The van der Waals surface area contributed by atoms with E-state index in [9.17, 15) is 29.0 Å². The first-order valence-corrected chi connectivity index (χ1v) is 8.04. The molecule has 28 heavy (non-hydrogen) atoms. The molecule has 14 heteroatoms. The predicted molar refractivity (Wildman–Crippen MR) is 91.4 cm³/mol. The number of rotatable bonds is 17. The van der Waals surface area contributed by atoms with Crippen molar-refractivity contribution in [3.8, 4) is 0 Å². The van der Waals surface area contributed by atoms with Gasteiger partial charge in [0.1, 0.15) is 0 Å². The van der Waals surface area contributed by atoms with E-state index in [2.05, 4.69) is 10.4 Å². The Morgan fingerprint density at radius 1 is 0.643 bits per heavy atom. The lowest BCUT2D eigenvalue weighted by molar-refractivity contribution is -0.142. The molecule has 0 heterocycles. The number of ether oxygens (including phenoxy) is 2. The number of carboxylic acids is 2. The van der Waals surface area contributed by atoms with Crippen molar-refractivity contribution in [3.05, 3.63) is 9.81 Å². The Kier molecular flexibility index (Phi) is 13.9. The number of carbonyl (C=O) groups is 4. The molecule has 0 fully saturated rings. The van der Waals surface area contributed by atoms with Crippen molar-refractivity contribution in [2.45, 2.75) is 0 Å². The Balaban J connectivity index is 3.99. The van der Waals surface area contributed by atoms with Crippen molar-refractivity contribution in [2.75, 3.05) is 65.7 Å². The maximum atomic E-state index is 11.0. The SMILES string of the molecule is O=NC(=O)CN(CCOCCOCCN(CC(=O)O)CC(=O)O)CC(=O)N=O. The fourth-order valence-electron chi connectivity index (χ4n) is 1.96. The van der Waals surface area contributed by atoms with E-state index in [4.69, 9.17) is 19.7 Å². The van der Waals surface area contributed by atoms with Crippen LogP contribution in [-0.4, -0.2) is 109 Å². The Hall–Kier alpha value is -2.68. The van der Waals surface area contributed by atoms with Crippen molar-refractivity contribution < 1.29 is 38.9 Å². The van der Waals surface area contributed by atoms with E-state index in [1.165, 1.54) is 9.80 Å². The number of carbonyl (C=O) groups excluding carboxylic acids is 2. The van der Waals surface area contributed by atoms with Crippen LogP contribution in [0.5, 0.6) is 0 Å². The van der Waals surface area contributed by atoms with E-state index in [0.29, 0.717) is 0 Å². The summed E-state index contributed by atoms with van der Waals surface area (Å²) in [6, 6.07) is 0. The summed E-state index contributed by atoms with van der Waals surface area (Å²) in [5, 5.41) is 21.8. The van der Waals surface area contributed by atoms with E-state index in [0.717, 1.165) is 0 Å². The van der Waals surface area contributed by atoms with Crippen LogP contribution in [0.4, 0.5) is 0 Å². The Labute approximate surface area is 159 Å². The van der Waals surface area contributed by atoms with Gasteiger partial charge >= 0.3 is 11.9 Å². The maximum absolute atomic E-state index is 11.0. The number of carboxylic acid groups (broad SMARTS) is 2. The number of aliphatic carboxylic acids is 2. The van der Waals surface area contributed by atoms with Gasteiger partial charge in [-0.15, -0.1) is 9.81 Å². The van der Waals surface area contributed by atoms with E-state index in [1.807, 2.05) is 0 Å². The minimum atomic E-state index is -1.15. The smallest absolute Gasteiger partial charge is 0.317 e. The van der Waals surface area contributed by atoms with Gasteiger partial charge in [-0.25, -0.2) is 0 Å². The lowest BCUT2D eigenvalue weighted by Crippen LogP contribution is -2.37. The number of hydrogen-bond donors (Lipinski definition) is 2. The molecule has 0 aliphatic heterocycles. The standard InChI is InChI=1S/C14H22N4O10/c19-11(15-25)7-17(8-12(20)16-26)1-3-27-5-6-28-4-2-18(9-13(21)22)10-14(23)24/h1-10H2,(H,21,22)(H,23,24). The lowest BCUT2D eigenvalue weighted by atomic mass is 10.4. The normalized spacial score (nSPS) is 10.8. The molecule has 0 saturated carbocycles. The average molecular weight is 406 g/mol. The second-order valence-corrected chi connectivity index (χ2v) is 5.40. The molecule has 0 aliphatic carbocycles. The van der Waals surface area contributed by atoms with Crippen molar-refractivity contribution in [2.24, 2.45) is 10.4 Å². The molecule has 2 N–H and O–H groups in total. The fraction of sp³-hybridized carbons (Fsp3) is 0.714. The molecule has 0 spiro atoms. The summed E-state index contributed by atoms with van der Waals surface area (Å²) in [4.78, 5) is 65.9. The second kappa shape index (κ2) is 15.4. The van der Waals surface area contributed by atoms with Gasteiger partial charge in [-0.2, -0.15) is 0 Å². The summed E-state index contributed by atoms with van der Waals surface area (Å²) >= 11 is 0. The summed E-state index contributed by atoms with van der Waals surface area (Å²) in [6.45, 7) is -1.16. The molecule has 0 rings (SSSR count). The highest BCUT2D eigenvalue weighted by molar-refractivity contribution is 5.81. The van der Waals surface area contributed by atoms with Gasteiger partial charge in [0.15, 0.2) is 0 Å². The topological polar surface area (TPSA) is 193 Å². The van der Waals surface area contributed by atoms with Crippen molar-refractivity contribution in [1.29, 1.82) is 0 Å². The van der Waals surface area contributed by atoms with Gasteiger partial charge in [-0.05, 0) is 0 Å². The second-order valence-electron chi connectivity index (χ2n) is 5.40. The summed E-state index contributed by atoms with van der Waals surface area (Å²) in [6.07, 6.45) is 0. The first kappa shape index (κ1) is 25.3. The molecule has 2 amide bonds. The van der Waals surface area contributed by atoms with Gasteiger partial charge < -0.3 is 19.7 Å². The number of hydrogen-bond acceptors (Lipinski definition) is 10. The molecule has 0 aromatic heterocycles. The van der Waals surface area contributed by atoms with Crippen LogP contribution in [0.3, 0.4) is 0 Å². The molecule has 0 unspecified atom stereocenters. The molecule has 158 valence electrons. The van der Waals surface area contributed by atoms with Crippen molar-refractivity contribution in [3.63, 3.8) is 0 Å². The van der Waals surface area contributed by atoms with Crippen LogP contribution in [0.2, 0.25) is 0 Å². The van der Waals surface area contributed by atoms with Gasteiger partial charge in [0.2, 0.25) is 0 Å². The molecule has 0 aromatic carbocycles. The molecular weight excluding hydrogens is 384 g/mol. The number of nitrogens with zero attached hydrogens (tertiary/aromatic N) is 4. The van der Waals surface area contributed by atoms with Crippen LogP contribution in [0, 0.1) is 9.81 Å². The molecule has 0 saturated heterocycles. The number of amides is 2. The fourth-order valence-corrected chi connectivity index (χ4v) is 1.96. The highest BCUT2D eigenvalue weighted by Gasteiger charge is 2.15. The first-order valence-electron chi connectivity index (χ1n) is 8.04. The minimum Gasteiger partial charge on any atom is -0.480 e. The van der Waals surface area contributed by atoms with Crippen LogP contribution >= 0.6 is 0 Å². The summed E-state index contributed by atoms with van der Waals surface area (Å²) in [7, 11) is 0. The molecule has 0 bridgehead atoms. The molecule has 0 aliphatic rings. The summed E-state index contributed by atoms with van der Waals surface area (Å²) in [5.41, 5.74) is 0. The summed E-state index contributed by atoms with van der Waals surface area (Å²) < 4.78 is 10.4. The highest BCUT2D eigenvalue weighted by atomic mass is 16.5. The zero-order valence-electron chi connectivity index (χ0n) is 15.0. The minimum absolute atomic E-state index is 0.0613. The van der Waals surface area contributed by atoms with E-state index >= 15 is 0 Å². The first-order chi connectivity index (χ1) is 13.3.